The van der Waals surface area contributed by atoms with Crippen LogP contribution in [0, 0.1) is 0 Å². The lowest BCUT2D eigenvalue weighted by atomic mass is 10.0. The quantitative estimate of drug-likeness (QED) is 0.564. The molecular weight excluding hydrogens is 260 g/mol. The van der Waals surface area contributed by atoms with Gasteiger partial charge in [0.15, 0.2) is 0 Å². The highest BCUT2D eigenvalue weighted by Gasteiger charge is 2.03. The van der Waals surface area contributed by atoms with Crippen molar-refractivity contribution >= 4 is 17.0 Å². The first-order valence-electron chi connectivity index (χ1n) is 6.85. The molecule has 0 saturated heterocycles. The Balaban J connectivity index is 1.78. The third kappa shape index (κ3) is 3.03. The van der Waals surface area contributed by atoms with Gasteiger partial charge in [-0.15, -0.1) is 0 Å². The molecule has 104 valence electrons. The lowest BCUT2D eigenvalue weighted by molar-refractivity contribution is 0.475. The summed E-state index contributed by atoms with van der Waals surface area (Å²) in [5, 5.41) is 16.3. The minimum Gasteiger partial charge on any atom is -0.507 e. The molecule has 0 atom stereocenters. The van der Waals surface area contributed by atoms with Gasteiger partial charge < -0.3 is 10.5 Å². The lowest BCUT2D eigenvalue weighted by Crippen LogP contribution is -2.05. The van der Waals surface area contributed by atoms with E-state index in [1.165, 1.54) is 0 Å². The highest BCUT2D eigenvalue weighted by molar-refractivity contribution is 6.02. The van der Waals surface area contributed by atoms with E-state index in [-0.39, 0.29) is 5.75 Å². The SMILES string of the molecule is Oc1ccc2ccccc2c1/C=N/NCc1ccccc1. The van der Waals surface area contributed by atoms with Gasteiger partial charge in [0.2, 0.25) is 0 Å². The summed E-state index contributed by atoms with van der Waals surface area (Å²) in [5.41, 5.74) is 4.89. The summed E-state index contributed by atoms with van der Waals surface area (Å²) in [4.78, 5) is 0. The van der Waals surface area contributed by atoms with Crippen LogP contribution in [0.1, 0.15) is 11.1 Å². The highest BCUT2D eigenvalue weighted by atomic mass is 16.3. The molecule has 2 N–H and O–H groups in total. The molecule has 0 aromatic heterocycles. The van der Waals surface area contributed by atoms with Gasteiger partial charge >= 0.3 is 0 Å². The molecule has 21 heavy (non-hydrogen) atoms. The maximum atomic E-state index is 10.0. The number of phenolic OH excluding ortho intramolecular Hbond substituents is 1. The average Bonchev–Trinajstić information content (AvgIpc) is 2.54. The van der Waals surface area contributed by atoms with Crippen LogP contribution in [-0.4, -0.2) is 11.3 Å². The van der Waals surface area contributed by atoms with Gasteiger partial charge in [-0.3, -0.25) is 0 Å². The number of benzene rings is 3. The fourth-order valence-electron chi connectivity index (χ4n) is 2.26. The Morgan fingerprint density at radius 3 is 2.52 bits per heavy atom. The van der Waals surface area contributed by atoms with Gasteiger partial charge in [-0.2, -0.15) is 5.10 Å². The van der Waals surface area contributed by atoms with Crippen LogP contribution in [0.25, 0.3) is 10.8 Å². The third-order valence-electron chi connectivity index (χ3n) is 3.36. The van der Waals surface area contributed by atoms with E-state index in [1.54, 1.807) is 12.3 Å². The van der Waals surface area contributed by atoms with Crippen LogP contribution in [-0.2, 0) is 6.54 Å². The number of hydrogen-bond acceptors (Lipinski definition) is 3. The Morgan fingerprint density at radius 1 is 0.905 bits per heavy atom. The van der Waals surface area contributed by atoms with Crippen LogP contribution in [0.4, 0.5) is 0 Å². The first-order valence-corrected chi connectivity index (χ1v) is 6.85. The molecule has 3 aromatic carbocycles. The second kappa shape index (κ2) is 6.09. The molecule has 0 amide bonds. The molecule has 3 rings (SSSR count). The number of rotatable bonds is 4. The number of nitrogens with zero attached hydrogens (tertiary/aromatic N) is 1. The van der Waals surface area contributed by atoms with Gasteiger partial charge in [-0.1, -0.05) is 60.7 Å². The number of hydrogen-bond donors (Lipinski definition) is 2. The van der Waals surface area contributed by atoms with E-state index < -0.39 is 0 Å². The average molecular weight is 276 g/mol. The molecule has 0 radical (unpaired) electrons. The molecule has 0 aliphatic rings. The van der Waals surface area contributed by atoms with Crippen LogP contribution in [0.5, 0.6) is 5.75 Å². The predicted octanol–water partition coefficient (Wildman–Crippen LogP) is 3.67. The van der Waals surface area contributed by atoms with Crippen molar-refractivity contribution in [3.63, 3.8) is 0 Å². The van der Waals surface area contributed by atoms with Crippen molar-refractivity contribution in [1.82, 2.24) is 5.43 Å². The van der Waals surface area contributed by atoms with Crippen LogP contribution < -0.4 is 5.43 Å². The summed E-state index contributed by atoms with van der Waals surface area (Å²) in [6, 6.07) is 21.6. The second-order valence-electron chi connectivity index (χ2n) is 4.80. The zero-order chi connectivity index (χ0) is 14.5. The zero-order valence-corrected chi connectivity index (χ0v) is 11.5. The molecule has 3 aromatic rings. The molecule has 0 spiro atoms. The molecule has 0 aliphatic carbocycles. The molecule has 3 heteroatoms. The van der Waals surface area contributed by atoms with Crippen molar-refractivity contribution in [3.8, 4) is 5.75 Å². The second-order valence-corrected chi connectivity index (χ2v) is 4.80. The largest absolute Gasteiger partial charge is 0.507 e. The van der Waals surface area contributed by atoms with Crippen molar-refractivity contribution in [1.29, 1.82) is 0 Å². The van der Waals surface area contributed by atoms with Crippen molar-refractivity contribution in [2.24, 2.45) is 5.10 Å². The highest BCUT2D eigenvalue weighted by Crippen LogP contribution is 2.25. The van der Waals surface area contributed by atoms with E-state index in [0.717, 1.165) is 21.9 Å². The Morgan fingerprint density at radius 2 is 1.67 bits per heavy atom. The topological polar surface area (TPSA) is 44.6 Å². The maximum Gasteiger partial charge on any atom is 0.125 e. The number of fused-ring (bicyclic) bond motifs is 1. The van der Waals surface area contributed by atoms with Crippen LogP contribution in [0.3, 0.4) is 0 Å². The molecular formula is C18H16N2O. The minimum atomic E-state index is 0.235. The van der Waals surface area contributed by atoms with Crippen molar-refractivity contribution < 1.29 is 5.11 Å². The molecule has 0 aliphatic heterocycles. The third-order valence-corrected chi connectivity index (χ3v) is 3.36. The van der Waals surface area contributed by atoms with Crippen LogP contribution in [0.2, 0.25) is 0 Å². The summed E-state index contributed by atoms with van der Waals surface area (Å²) >= 11 is 0. The van der Waals surface area contributed by atoms with E-state index in [2.05, 4.69) is 10.5 Å². The smallest absolute Gasteiger partial charge is 0.125 e. The summed E-state index contributed by atoms with van der Waals surface area (Å²) in [6.45, 7) is 0.656. The van der Waals surface area contributed by atoms with E-state index >= 15 is 0 Å². The summed E-state index contributed by atoms with van der Waals surface area (Å²) in [7, 11) is 0. The first-order chi connectivity index (χ1) is 10.3. The van der Waals surface area contributed by atoms with Gasteiger partial charge in [0.25, 0.3) is 0 Å². The van der Waals surface area contributed by atoms with Crippen LogP contribution >= 0.6 is 0 Å². The number of nitrogens with one attached hydrogen (secondary N) is 1. The summed E-state index contributed by atoms with van der Waals surface area (Å²) < 4.78 is 0. The first kappa shape index (κ1) is 13.2. The lowest BCUT2D eigenvalue weighted by Gasteiger charge is -2.05. The molecule has 0 unspecified atom stereocenters. The fraction of sp³-hybridized carbons (Fsp3) is 0.0556. The fourth-order valence-corrected chi connectivity index (χ4v) is 2.26. The summed E-state index contributed by atoms with van der Waals surface area (Å²) in [5.74, 6) is 0.235. The zero-order valence-electron chi connectivity index (χ0n) is 11.5. The Bertz CT molecular complexity index is 767. The Kier molecular flexibility index (Phi) is 3.83. The number of hydrazone groups is 1. The minimum absolute atomic E-state index is 0.235. The van der Waals surface area contributed by atoms with E-state index in [0.29, 0.717) is 6.54 Å². The monoisotopic (exact) mass is 276 g/mol. The van der Waals surface area contributed by atoms with Gasteiger partial charge in [0.1, 0.15) is 5.75 Å². The predicted molar refractivity (Wildman–Crippen MR) is 86.5 cm³/mol. The van der Waals surface area contributed by atoms with Crippen molar-refractivity contribution in [2.75, 3.05) is 0 Å². The van der Waals surface area contributed by atoms with Crippen molar-refractivity contribution in [2.45, 2.75) is 6.54 Å². The standard InChI is InChI=1S/C18H16N2O/c21-18-11-10-15-8-4-5-9-16(15)17(18)13-20-19-12-14-6-2-1-3-7-14/h1-11,13,19,21H,12H2/b20-13+. The van der Waals surface area contributed by atoms with E-state index in [9.17, 15) is 5.11 Å². The van der Waals surface area contributed by atoms with Gasteiger partial charge in [0, 0.05) is 5.56 Å². The molecule has 3 nitrogen and oxygen atoms in total. The van der Waals surface area contributed by atoms with E-state index in [1.807, 2.05) is 60.7 Å². The van der Waals surface area contributed by atoms with Gasteiger partial charge in [0.05, 0.1) is 12.8 Å². The number of phenols is 1. The normalized spacial score (nSPS) is 11.0. The summed E-state index contributed by atoms with van der Waals surface area (Å²) in [6.07, 6.45) is 1.67. The molecule has 0 bridgehead atoms. The molecule has 0 fully saturated rings. The van der Waals surface area contributed by atoms with E-state index in [4.69, 9.17) is 0 Å². The molecule has 0 heterocycles. The van der Waals surface area contributed by atoms with Gasteiger partial charge in [-0.25, -0.2) is 0 Å². The van der Waals surface area contributed by atoms with Gasteiger partial charge in [-0.05, 0) is 22.4 Å². The Labute approximate surface area is 123 Å². The van der Waals surface area contributed by atoms with Crippen molar-refractivity contribution in [3.05, 3.63) is 77.9 Å². The molecule has 0 saturated carbocycles. The number of aromatic hydroxyl groups is 1. The van der Waals surface area contributed by atoms with Crippen LogP contribution in [0.15, 0.2) is 71.8 Å². The Hall–Kier alpha value is -2.81. The maximum absolute atomic E-state index is 10.0.